The fourth-order valence-electron chi connectivity index (χ4n) is 5.07. The fraction of sp³-hybridized carbons (Fsp3) is 0.306. The van der Waals surface area contributed by atoms with Crippen molar-refractivity contribution in [2.24, 2.45) is 4.99 Å². The van der Waals surface area contributed by atoms with E-state index in [-0.39, 0.29) is 17.6 Å². The van der Waals surface area contributed by atoms with Crippen LogP contribution in [-0.2, 0) is 14.9 Å². The molecule has 0 spiro atoms. The van der Waals surface area contributed by atoms with E-state index < -0.39 is 12.0 Å². The fourth-order valence-corrected chi connectivity index (χ4v) is 6.12. The lowest BCUT2D eigenvalue weighted by Gasteiger charge is -2.24. The summed E-state index contributed by atoms with van der Waals surface area (Å²) in [4.78, 5) is 32.1. The van der Waals surface area contributed by atoms with Gasteiger partial charge in [0, 0.05) is 0 Å². The molecule has 9 heteroatoms. The van der Waals surface area contributed by atoms with Gasteiger partial charge in [-0.1, -0.05) is 68.5 Å². The van der Waals surface area contributed by atoms with Crippen LogP contribution in [0.15, 0.2) is 93.9 Å². The molecule has 0 bridgehead atoms. The van der Waals surface area contributed by atoms with Gasteiger partial charge in [-0.15, -0.1) is 0 Å². The molecule has 3 aromatic carbocycles. The molecule has 0 saturated heterocycles. The van der Waals surface area contributed by atoms with Crippen molar-refractivity contribution in [1.82, 2.24) is 4.57 Å². The summed E-state index contributed by atoms with van der Waals surface area (Å²) in [5.41, 5.74) is 3.58. The number of ether oxygens (including phenoxy) is 4. The largest absolute Gasteiger partial charge is 0.497 e. The highest BCUT2D eigenvalue weighted by atomic mass is 32.1. The minimum Gasteiger partial charge on any atom is -0.497 e. The second-order valence-corrected chi connectivity index (χ2v) is 12.6. The first-order valence-electron chi connectivity index (χ1n) is 14.9. The van der Waals surface area contributed by atoms with Crippen LogP contribution in [0.2, 0.25) is 0 Å². The summed E-state index contributed by atoms with van der Waals surface area (Å²) in [6.45, 7) is 11.1. The van der Waals surface area contributed by atoms with Gasteiger partial charge < -0.3 is 18.9 Å². The van der Waals surface area contributed by atoms with Crippen LogP contribution in [0.4, 0.5) is 0 Å². The zero-order valence-electron chi connectivity index (χ0n) is 26.5. The number of benzene rings is 3. The molecule has 45 heavy (non-hydrogen) atoms. The Balaban J connectivity index is 1.33. The Hall–Kier alpha value is -4.63. The molecule has 1 atom stereocenters. The van der Waals surface area contributed by atoms with Crippen molar-refractivity contribution in [2.45, 2.75) is 46.1 Å². The summed E-state index contributed by atoms with van der Waals surface area (Å²) in [6.07, 6.45) is 1.83. The van der Waals surface area contributed by atoms with Crippen molar-refractivity contribution in [2.75, 3.05) is 26.9 Å². The standard InChI is InChI=1S/C36H38N2O6S/c1-7-42-34(40)31-23(2)37-35-38(32(31)25-10-16-27(41-6)17-11-25)33(39)30(45-35)22-24-8-14-28(15-9-24)43-20-21-44-29-18-12-26(13-19-29)36(3,4)5/h8-19,22,32H,7,20-21H2,1-6H3/b30-22+. The van der Waals surface area contributed by atoms with Gasteiger partial charge in [0.25, 0.3) is 5.56 Å². The molecule has 0 fully saturated rings. The highest BCUT2D eigenvalue weighted by molar-refractivity contribution is 7.07. The van der Waals surface area contributed by atoms with Gasteiger partial charge in [-0.2, -0.15) is 0 Å². The van der Waals surface area contributed by atoms with E-state index in [4.69, 9.17) is 18.9 Å². The first-order chi connectivity index (χ1) is 21.6. The lowest BCUT2D eigenvalue weighted by atomic mass is 9.87. The number of carbonyl (C=O) groups is 1. The third-order valence-corrected chi connectivity index (χ3v) is 8.45. The average Bonchev–Trinajstić information content (AvgIpc) is 3.33. The van der Waals surface area contributed by atoms with Crippen LogP contribution in [-0.4, -0.2) is 37.5 Å². The Labute approximate surface area is 266 Å². The molecule has 8 nitrogen and oxygen atoms in total. The zero-order valence-corrected chi connectivity index (χ0v) is 27.3. The summed E-state index contributed by atoms with van der Waals surface area (Å²) >= 11 is 1.28. The molecule has 1 aromatic heterocycles. The van der Waals surface area contributed by atoms with E-state index in [0.717, 1.165) is 16.9 Å². The molecule has 1 aliphatic heterocycles. The minimum atomic E-state index is -0.678. The van der Waals surface area contributed by atoms with Crippen molar-refractivity contribution in [3.05, 3.63) is 120 Å². The normalized spacial score (nSPS) is 14.9. The van der Waals surface area contributed by atoms with Crippen LogP contribution in [0.25, 0.3) is 6.08 Å². The van der Waals surface area contributed by atoms with Gasteiger partial charge in [-0.05, 0) is 78.4 Å². The molecule has 0 saturated carbocycles. The number of hydrogen-bond donors (Lipinski definition) is 0. The van der Waals surface area contributed by atoms with Crippen molar-refractivity contribution in [1.29, 1.82) is 0 Å². The summed E-state index contributed by atoms with van der Waals surface area (Å²) in [7, 11) is 1.59. The third kappa shape index (κ3) is 7.20. The first-order valence-corrected chi connectivity index (χ1v) is 15.7. The van der Waals surface area contributed by atoms with Gasteiger partial charge >= 0.3 is 5.97 Å². The van der Waals surface area contributed by atoms with Crippen molar-refractivity contribution >= 4 is 23.4 Å². The van der Waals surface area contributed by atoms with E-state index in [1.807, 2.05) is 66.7 Å². The van der Waals surface area contributed by atoms with Crippen molar-refractivity contribution < 1.29 is 23.7 Å². The number of thiazole rings is 1. The van der Waals surface area contributed by atoms with Crippen molar-refractivity contribution in [3.63, 3.8) is 0 Å². The maximum atomic E-state index is 13.8. The number of allylic oxidation sites excluding steroid dienone is 1. The predicted octanol–water partition coefficient (Wildman–Crippen LogP) is 5.56. The van der Waals surface area contributed by atoms with E-state index in [1.54, 1.807) is 25.5 Å². The SMILES string of the molecule is CCOC(=O)C1=C(C)N=c2s/c(=C/c3ccc(OCCOc4ccc(C(C)(C)C)cc4)cc3)c(=O)n2C1c1ccc(OC)cc1. The lowest BCUT2D eigenvalue weighted by Crippen LogP contribution is -2.39. The van der Waals surface area contributed by atoms with Crippen LogP contribution >= 0.6 is 11.3 Å². The number of nitrogens with zero attached hydrogens (tertiary/aromatic N) is 2. The highest BCUT2D eigenvalue weighted by Crippen LogP contribution is 2.31. The Kier molecular flexibility index (Phi) is 9.58. The van der Waals surface area contributed by atoms with E-state index in [1.165, 1.54) is 16.9 Å². The van der Waals surface area contributed by atoms with Crippen LogP contribution in [0, 0.1) is 0 Å². The molecule has 2 heterocycles. The Morgan fingerprint density at radius 3 is 2.04 bits per heavy atom. The maximum Gasteiger partial charge on any atom is 0.338 e. The van der Waals surface area contributed by atoms with Crippen LogP contribution < -0.4 is 29.1 Å². The quantitative estimate of drug-likeness (QED) is 0.169. The second-order valence-electron chi connectivity index (χ2n) is 11.6. The van der Waals surface area contributed by atoms with Crippen LogP contribution in [0.5, 0.6) is 17.2 Å². The average molecular weight is 627 g/mol. The Bertz CT molecular complexity index is 1860. The summed E-state index contributed by atoms with van der Waals surface area (Å²) in [6, 6.07) is 22.3. The topological polar surface area (TPSA) is 88.4 Å². The molecule has 5 rings (SSSR count). The summed E-state index contributed by atoms with van der Waals surface area (Å²) < 4.78 is 24.5. The monoisotopic (exact) mass is 626 g/mol. The molecule has 234 valence electrons. The smallest absolute Gasteiger partial charge is 0.338 e. The van der Waals surface area contributed by atoms with E-state index in [9.17, 15) is 9.59 Å². The van der Waals surface area contributed by atoms with E-state index >= 15 is 0 Å². The van der Waals surface area contributed by atoms with Crippen LogP contribution in [0.1, 0.15) is 57.4 Å². The minimum absolute atomic E-state index is 0.0983. The molecule has 1 aliphatic rings. The number of methoxy groups -OCH3 is 1. The van der Waals surface area contributed by atoms with Crippen LogP contribution in [0.3, 0.4) is 0 Å². The number of rotatable bonds is 10. The number of hydrogen-bond acceptors (Lipinski definition) is 8. The third-order valence-electron chi connectivity index (χ3n) is 7.47. The lowest BCUT2D eigenvalue weighted by molar-refractivity contribution is -0.139. The second kappa shape index (κ2) is 13.6. The highest BCUT2D eigenvalue weighted by Gasteiger charge is 2.33. The predicted molar refractivity (Wildman–Crippen MR) is 176 cm³/mol. The van der Waals surface area contributed by atoms with Gasteiger partial charge in [0.05, 0.1) is 35.6 Å². The zero-order chi connectivity index (χ0) is 32.1. The molecule has 0 aliphatic carbocycles. The van der Waals surface area contributed by atoms with Gasteiger partial charge in [-0.25, -0.2) is 9.79 Å². The molecular weight excluding hydrogens is 588 g/mol. The number of carbonyl (C=O) groups excluding carboxylic acids is 1. The maximum absolute atomic E-state index is 13.8. The first kappa shape index (κ1) is 31.8. The van der Waals surface area contributed by atoms with E-state index in [2.05, 4.69) is 37.9 Å². The Morgan fingerprint density at radius 2 is 1.49 bits per heavy atom. The molecular formula is C36H38N2O6S. The molecule has 0 amide bonds. The number of esters is 1. The summed E-state index contributed by atoms with van der Waals surface area (Å²) in [5, 5.41) is 0. The van der Waals surface area contributed by atoms with E-state index in [0.29, 0.717) is 45.3 Å². The number of fused-ring (bicyclic) bond motifs is 1. The Morgan fingerprint density at radius 1 is 0.911 bits per heavy atom. The molecule has 1 unspecified atom stereocenters. The molecule has 4 aromatic rings. The number of aromatic nitrogens is 1. The molecule has 0 N–H and O–H groups in total. The van der Waals surface area contributed by atoms with Gasteiger partial charge in [-0.3, -0.25) is 9.36 Å². The van der Waals surface area contributed by atoms with Gasteiger partial charge in [0.2, 0.25) is 0 Å². The van der Waals surface area contributed by atoms with Crippen molar-refractivity contribution in [3.8, 4) is 17.2 Å². The molecule has 0 radical (unpaired) electrons. The summed E-state index contributed by atoms with van der Waals surface area (Å²) in [5.74, 6) is 1.69. The van der Waals surface area contributed by atoms with Gasteiger partial charge in [0.15, 0.2) is 4.80 Å². The van der Waals surface area contributed by atoms with Gasteiger partial charge in [0.1, 0.15) is 30.5 Å².